The second-order valence-corrected chi connectivity index (χ2v) is 3.18. The first-order valence-corrected chi connectivity index (χ1v) is 4.15. The van der Waals surface area contributed by atoms with Gasteiger partial charge in [-0.3, -0.25) is 4.55 Å². The molecule has 0 rings (SSSR count). The van der Waals surface area contributed by atoms with Gasteiger partial charge in [0.05, 0.1) is 5.75 Å². The Morgan fingerprint density at radius 1 is 1.60 bits per heavy atom. The first-order valence-electron chi connectivity index (χ1n) is 2.54. The summed E-state index contributed by atoms with van der Waals surface area (Å²) in [5, 5.41) is 3.19. The second kappa shape index (κ2) is 4.10. The normalized spacial score (nSPS) is 10.5. The van der Waals surface area contributed by atoms with Gasteiger partial charge < -0.3 is 0 Å². The summed E-state index contributed by atoms with van der Waals surface area (Å²) in [5.74, 6) is -0.327. The molecule has 0 aliphatic heterocycles. The van der Waals surface area contributed by atoms with Crippen LogP contribution in [0, 0.1) is 5.53 Å². The molecule has 0 fully saturated rings. The summed E-state index contributed by atoms with van der Waals surface area (Å²) >= 11 is 0. The summed E-state index contributed by atoms with van der Waals surface area (Å²) < 4.78 is 28.2. The zero-order chi connectivity index (χ0) is 8.04. The Morgan fingerprint density at radius 3 is 2.60 bits per heavy atom. The molecular weight excluding hydrogens is 158 g/mol. The van der Waals surface area contributed by atoms with E-state index in [4.69, 9.17) is 10.1 Å². The van der Waals surface area contributed by atoms with Crippen molar-refractivity contribution in [1.29, 1.82) is 5.53 Å². The van der Waals surface area contributed by atoms with Crippen LogP contribution in [0.5, 0.6) is 0 Å². The van der Waals surface area contributed by atoms with Gasteiger partial charge in [-0.05, 0) is 6.42 Å². The molecule has 0 aromatic rings. The second-order valence-electron chi connectivity index (χ2n) is 1.60. The van der Waals surface area contributed by atoms with Crippen molar-refractivity contribution in [2.45, 2.75) is 6.42 Å². The number of nitrogens with zero attached hydrogens (tertiary/aromatic N) is 2. The van der Waals surface area contributed by atoms with Gasteiger partial charge in [-0.1, -0.05) is 0 Å². The molecule has 0 atom stereocenters. The van der Waals surface area contributed by atoms with Crippen LogP contribution in [0.3, 0.4) is 0 Å². The molecule has 0 aromatic carbocycles. The highest BCUT2D eigenvalue weighted by molar-refractivity contribution is 7.85. The van der Waals surface area contributed by atoms with E-state index in [0.29, 0.717) is 0 Å². The first kappa shape index (κ1) is 9.22. The Bertz CT molecular complexity index is 227. The molecule has 58 valence electrons. The standard InChI is InChI=1S/C3H7N3O3S/c4-6-5-2-1-3-10(7,8)9/h4H,1-3H2/p+1. The van der Waals surface area contributed by atoms with Gasteiger partial charge in [0.15, 0.2) is 0 Å². The van der Waals surface area contributed by atoms with Gasteiger partial charge in [0, 0.05) is 0 Å². The van der Waals surface area contributed by atoms with Crippen molar-refractivity contribution in [1.82, 2.24) is 4.91 Å². The molecule has 10 heavy (non-hydrogen) atoms. The van der Waals surface area contributed by atoms with E-state index in [0.717, 1.165) is 0 Å². The molecule has 0 amide bonds. The minimum atomic E-state index is -3.87. The molecule has 0 spiro atoms. The predicted molar refractivity (Wildman–Crippen MR) is 33.2 cm³/mol. The van der Waals surface area contributed by atoms with Gasteiger partial charge in [-0.15, -0.1) is 0 Å². The van der Waals surface area contributed by atoms with E-state index in [2.05, 4.69) is 10.0 Å². The van der Waals surface area contributed by atoms with Gasteiger partial charge in [0.1, 0.15) is 17.2 Å². The van der Waals surface area contributed by atoms with Crippen molar-refractivity contribution in [2.75, 3.05) is 12.3 Å². The van der Waals surface area contributed by atoms with Crippen LogP contribution in [-0.4, -0.2) is 25.3 Å². The lowest BCUT2D eigenvalue weighted by Crippen LogP contribution is -2.04. The summed E-state index contributed by atoms with van der Waals surface area (Å²) in [6, 6.07) is 0. The number of rotatable bonds is 4. The molecule has 0 aliphatic rings. The van der Waals surface area contributed by atoms with Crippen molar-refractivity contribution >= 4 is 10.1 Å². The Balaban J connectivity index is 3.48. The Kier molecular flexibility index (Phi) is 3.78. The molecule has 0 saturated heterocycles. The van der Waals surface area contributed by atoms with Crippen LogP contribution in [0.15, 0.2) is 5.11 Å². The van der Waals surface area contributed by atoms with Crippen LogP contribution in [0.1, 0.15) is 6.42 Å². The molecule has 0 aliphatic carbocycles. The first-order chi connectivity index (χ1) is 4.56. The van der Waals surface area contributed by atoms with Crippen molar-refractivity contribution in [3.8, 4) is 0 Å². The average Bonchev–Trinajstić information content (AvgIpc) is 1.78. The molecular formula is C3H8N3O3S+. The molecule has 0 unspecified atom stereocenters. The van der Waals surface area contributed by atoms with Gasteiger partial charge in [-0.2, -0.15) is 8.42 Å². The van der Waals surface area contributed by atoms with Gasteiger partial charge in [-0.25, -0.2) is 0 Å². The smallest absolute Gasteiger partial charge is 0.264 e. The van der Waals surface area contributed by atoms with Crippen LogP contribution in [0.2, 0.25) is 0 Å². The van der Waals surface area contributed by atoms with E-state index >= 15 is 0 Å². The van der Waals surface area contributed by atoms with E-state index in [9.17, 15) is 8.42 Å². The lowest BCUT2D eigenvalue weighted by Gasteiger charge is -1.87. The minimum Gasteiger partial charge on any atom is -0.286 e. The molecule has 0 aromatic heterocycles. The fraction of sp³-hybridized carbons (Fsp3) is 1.00. The third-order valence-corrected chi connectivity index (χ3v) is 1.54. The van der Waals surface area contributed by atoms with Crippen molar-refractivity contribution in [3.05, 3.63) is 0 Å². The number of hydrogen-bond acceptors (Lipinski definition) is 4. The topological polar surface area (TPSA) is 105 Å². The van der Waals surface area contributed by atoms with E-state index in [1.807, 2.05) is 0 Å². The lowest BCUT2D eigenvalue weighted by molar-refractivity contribution is 0.481. The third kappa shape index (κ3) is 7.22. The largest absolute Gasteiger partial charge is 0.286 e. The molecule has 0 heterocycles. The quantitative estimate of drug-likeness (QED) is 0.262. The Morgan fingerprint density at radius 2 is 2.20 bits per heavy atom. The van der Waals surface area contributed by atoms with Crippen LogP contribution in [0.25, 0.3) is 0 Å². The summed E-state index contributed by atoms with van der Waals surface area (Å²) in [4.78, 5) is 2.65. The summed E-state index contributed by atoms with van der Waals surface area (Å²) in [7, 11) is -3.87. The lowest BCUT2D eigenvalue weighted by atomic mass is 10.5. The Labute approximate surface area is 58.2 Å². The number of nitrogens with one attached hydrogen (secondary N) is 1. The molecule has 6 nitrogen and oxygen atoms in total. The third-order valence-electron chi connectivity index (χ3n) is 0.731. The maximum Gasteiger partial charge on any atom is 0.264 e. The zero-order valence-corrected chi connectivity index (χ0v) is 6.00. The van der Waals surface area contributed by atoms with E-state index in [1.165, 1.54) is 0 Å². The van der Waals surface area contributed by atoms with Crippen molar-refractivity contribution in [3.63, 3.8) is 0 Å². The molecule has 0 radical (unpaired) electrons. The molecule has 2 N–H and O–H groups in total. The van der Waals surface area contributed by atoms with Crippen LogP contribution in [0.4, 0.5) is 0 Å². The summed E-state index contributed by atoms with van der Waals surface area (Å²) in [6.07, 6.45) is 0.196. The van der Waals surface area contributed by atoms with Gasteiger partial charge >= 0.3 is 0 Å². The van der Waals surface area contributed by atoms with Gasteiger partial charge in [0.2, 0.25) is 4.91 Å². The molecule has 0 bridgehead atoms. The molecule has 0 saturated carbocycles. The monoisotopic (exact) mass is 166 g/mol. The highest BCUT2D eigenvalue weighted by atomic mass is 32.2. The van der Waals surface area contributed by atoms with E-state index < -0.39 is 10.1 Å². The van der Waals surface area contributed by atoms with Crippen LogP contribution in [-0.2, 0) is 10.1 Å². The SMILES string of the molecule is N=[N+]=NCCCS(=O)(=O)O. The maximum absolute atomic E-state index is 10.0. The highest BCUT2D eigenvalue weighted by Crippen LogP contribution is 1.87. The number of hydrogen-bond donors (Lipinski definition) is 2. The minimum absolute atomic E-state index is 0.156. The Hall–Kier alpha value is -0.780. The van der Waals surface area contributed by atoms with Crippen LogP contribution >= 0.6 is 0 Å². The average molecular weight is 166 g/mol. The maximum atomic E-state index is 10.0. The highest BCUT2D eigenvalue weighted by Gasteiger charge is 2.03. The fourth-order valence-corrected chi connectivity index (χ4v) is 0.862. The summed E-state index contributed by atoms with van der Waals surface area (Å²) in [5.41, 5.74) is 6.18. The predicted octanol–water partition coefficient (Wildman–Crippen LogP) is -0.185. The van der Waals surface area contributed by atoms with Crippen molar-refractivity contribution < 1.29 is 13.0 Å². The zero-order valence-electron chi connectivity index (χ0n) is 5.19. The van der Waals surface area contributed by atoms with E-state index in [1.54, 1.807) is 0 Å². The summed E-state index contributed by atoms with van der Waals surface area (Å²) in [6.45, 7) is 0.156. The van der Waals surface area contributed by atoms with Gasteiger partial charge in [0.25, 0.3) is 10.1 Å². The fourth-order valence-electron chi connectivity index (χ4n) is 0.368. The van der Waals surface area contributed by atoms with Crippen molar-refractivity contribution in [2.24, 2.45) is 5.11 Å². The van der Waals surface area contributed by atoms with Crippen LogP contribution < -0.4 is 4.91 Å². The van der Waals surface area contributed by atoms with E-state index in [-0.39, 0.29) is 18.7 Å². The molecule has 7 heteroatoms.